The van der Waals surface area contributed by atoms with Gasteiger partial charge in [0.2, 0.25) is 4.77 Å². The predicted molar refractivity (Wildman–Crippen MR) is 108 cm³/mol. The molecule has 1 N–H and O–H groups in total. The van der Waals surface area contributed by atoms with Crippen LogP contribution in [0.3, 0.4) is 0 Å². The lowest BCUT2D eigenvalue weighted by atomic mass is 10.2. The van der Waals surface area contributed by atoms with Crippen LogP contribution in [-0.4, -0.2) is 49.5 Å². The molecule has 3 rings (SSSR count). The predicted octanol–water partition coefficient (Wildman–Crippen LogP) is 3.52. The van der Waals surface area contributed by atoms with Crippen molar-refractivity contribution in [3.63, 3.8) is 0 Å². The molecule has 0 atom stereocenters. The van der Waals surface area contributed by atoms with Crippen molar-refractivity contribution in [3.8, 4) is 34.4 Å². The van der Waals surface area contributed by atoms with Gasteiger partial charge in [-0.15, -0.1) is 0 Å². The topological polar surface area (TPSA) is 82.9 Å². The van der Waals surface area contributed by atoms with E-state index in [1.165, 1.54) is 4.68 Å². The van der Waals surface area contributed by atoms with Crippen molar-refractivity contribution >= 4 is 18.4 Å². The fourth-order valence-electron chi connectivity index (χ4n) is 2.68. The van der Waals surface area contributed by atoms with Crippen LogP contribution in [0.25, 0.3) is 11.4 Å². The van der Waals surface area contributed by atoms with Gasteiger partial charge in [-0.3, -0.25) is 0 Å². The minimum atomic E-state index is 0.344. The Morgan fingerprint density at radius 3 is 2.25 bits per heavy atom. The van der Waals surface area contributed by atoms with Crippen LogP contribution in [0.5, 0.6) is 23.0 Å². The number of benzene rings is 2. The van der Waals surface area contributed by atoms with E-state index in [9.17, 15) is 0 Å². The van der Waals surface area contributed by atoms with Gasteiger partial charge in [-0.1, -0.05) is 12.1 Å². The molecular formula is C19H20N4O4S. The molecule has 0 amide bonds. The molecule has 8 nitrogen and oxygen atoms in total. The summed E-state index contributed by atoms with van der Waals surface area (Å²) in [6.07, 6.45) is 1.62. The van der Waals surface area contributed by atoms with Crippen molar-refractivity contribution in [1.82, 2.24) is 14.9 Å². The summed E-state index contributed by atoms with van der Waals surface area (Å²) in [6, 6.07) is 11.0. The largest absolute Gasteiger partial charge is 0.496 e. The summed E-state index contributed by atoms with van der Waals surface area (Å²) in [6.45, 7) is 0. The van der Waals surface area contributed by atoms with Gasteiger partial charge in [0, 0.05) is 11.6 Å². The third kappa shape index (κ3) is 3.70. The van der Waals surface area contributed by atoms with Crippen molar-refractivity contribution in [1.29, 1.82) is 0 Å². The first-order valence-corrected chi connectivity index (χ1v) is 8.69. The van der Waals surface area contributed by atoms with E-state index < -0.39 is 0 Å². The van der Waals surface area contributed by atoms with Gasteiger partial charge < -0.3 is 18.9 Å². The van der Waals surface area contributed by atoms with Crippen LogP contribution in [0.4, 0.5) is 0 Å². The van der Waals surface area contributed by atoms with E-state index in [2.05, 4.69) is 15.3 Å². The number of rotatable bonds is 7. The number of aromatic amines is 1. The highest BCUT2D eigenvalue weighted by atomic mass is 32.1. The second-order valence-electron chi connectivity index (χ2n) is 5.56. The van der Waals surface area contributed by atoms with Crippen molar-refractivity contribution in [3.05, 3.63) is 46.7 Å². The Labute approximate surface area is 167 Å². The van der Waals surface area contributed by atoms with E-state index in [0.29, 0.717) is 39.2 Å². The van der Waals surface area contributed by atoms with Gasteiger partial charge in [-0.2, -0.15) is 14.9 Å². The molecule has 28 heavy (non-hydrogen) atoms. The van der Waals surface area contributed by atoms with E-state index >= 15 is 0 Å². The van der Waals surface area contributed by atoms with E-state index in [0.717, 1.165) is 5.56 Å². The van der Waals surface area contributed by atoms with Crippen LogP contribution < -0.4 is 18.9 Å². The first-order valence-electron chi connectivity index (χ1n) is 8.28. The van der Waals surface area contributed by atoms with Crippen LogP contribution in [0.15, 0.2) is 41.5 Å². The Morgan fingerprint density at radius 2 is 1.57 bits per heavy atom. The molecule has 146 valence electrons. The molecule has 1 heterocycles. The first-order chi connectivity index (χ1) is 13.6. The molecule has 0 unspecified atom stereocenters. The minimum absolute atomic E-state index is 0.344. The van der Waals surface area contributed by atoms with Crippen LogP contribution in [0.1, 0.15) is 5.56 Å². The fraction of sp³-hybridized carbons (Fsp3) is 0.211. The third-order valence-corrected chi connectivity index (χ3v) is 4.31. The van der Waals surface area contributed by atoms with E-state index in [4.69, 9.17) is 31.2 Å². The van der Waals surface area contributed by atoms with Gasteiger partial charge in [0.15, 0.2) is 17.3 Å². The quantitative estimate of drug-likeness (QED) is 0.483. The zero-order valence-corrected chi connectivity index (χ0v) is 16.7. The molecule has 0 aliphatic rings. The lowest BCUT2D eigenvalue weighted by Crippen LogP contribution is -1.99. The molecule has 2 aromatic carbocycles. The molecule has 0 fully saturated rings. The molecule has 9 heteroatoms. The Hall–Kier alpha value is -3.33. The van der Waals surface area contributed by atoms with Crippen LogP contribution in [-0.2, 0) is 0 Å². The summed E-state index contributed by atoms with van der Waals surface area (Å²) in [5.41, 5.74) is 1.45. The maximum atomic E-state index is 5.43. The molecule has 0 spiro atoms. The summed E-state index contributed by atoms with van der Waals surface area (Å²) in [4.78, 5) is 0. The SMILES string of the molecule is COc1cc(OC)c(OC)cc1C=Nn1c(-c2ccccc2OC)n[nH]c1=S. The van der Waals surface area contributed by atoms with E-state index in [-0.39, 0.29) is 0 Å². The monoisotopic (exact) mass is 400 g/mol. The number of para-hydroxylation sites is 1. The number of aromatic nitrogens is 3. The number of nitrogens with one attached hydrogen (secondary N) is 1. The number of hydrogen-bond donors (Lipinski definition) is 1. The Kier molecular flexibility index (Phi) is 5.95. The molecular weight excluding hydrogens is 380 g/mol. The maximum Gasteiger partial charge on any atom is 0.216 e. The van der Waals surface area contributed by atoms with E-state index in [1.54, 1.807) is 46.8 Å². The van der Waals surface area contributed by atoms with Gasteiger partial charge >= 0.3 is 0 Å². The summed E-state index contributed by atoms with van der Waals surface area (Å²) in [5, 5.41) is 11.5. The molecule has 0 bridgehead atoms. The van der Waals surface area contributed by atoms with Crippen LogP contribution in [0.2, 0.25) is 0 Å². The first kappa shape index (κ1) is 19.4. The number of hydrogen-bond acceptors (Lipinski definition) is 7. The van der Waals surface area contributed by atoms with Crippen molar-refractivity contribution in [2.24, 2.45) is 5.10 Å². The van der Waals surface area contributed by atoms with Crippen molar-refractivity contribution < 1.29 is 18.9 Å². The third-order valence-electron chi connectivity index (χ3n) is 4.05. The second-order valence-corrected chi connectivity index (χ2v) is 5.94. The zero-order valence-electron chi connectivity index (χ0n) is 15.9. The van der Waals surface area contributed by atoms with Crippen molar-refractivity contribution in [2.45, 2.75) is 0 Å². The highest BCUT2D eigenvalue weighted by Crippen LogP contribution is 2.34. The van der Waals surface area contributed by atoms with Crippen LogP contribution >= 0.6 is 12.2 Å². The summed E-state index contributed by atoms with van der Waals surface area (Å²) in [5.74, 6) is 2.89. The van der Waals surface area contributed by atoms with Gasteiger partial charge in [0.25, 0.3) is 0 Å². The molecule has 0 saturated heterocycles. The molecule has 0 saturated carbocycles. The van der Waals surface area contributed by atoms with Gasteiger partial charge in [0.05, 0.1) is 40.2 Å². The molecule has 0 aliphatic carbocycles. The van der Waals surface area contributed by atoms with Gasteiger partial charge in [-0.25, -0.2) is 5.10 Å². The lowest BCUT2D eigenvalue weighted by molar-refractivity contribution is 0.349. The number of H-pyrrole nitrogens is 1. The van der Waals surface area contributed by atoms with Gasteiger partial charge in [0.1, 0.15) is 11.5 Å². The number of ether oxygens (including phenoxy) is 4. The summed E-state index contributed by atoms with van der Waals surface area (Å²) in [7, 11) is 6.30. The molecule has 0 radical (unpaired) electrons. The second kappa shape index (κ2) is 8.57. The highest BCUT2D eigenvalue weighted by molar-refractivity contribution is 7.71. The maximum absolute atomic E-state index is 5.43. The minimum Gasteiger partial charge on any atom is -0.496 e. The number of methoxy groups -OCH3 is 4. The van der Waals surface area contributed by atoms with Crippen LogP contribution in [0, 0.1) is 4.77 Å². The zero-order chi connectivity index (χ0) is 20.1. The highest BCUT2D eigenvalue weighted by Gasteiger charge is 2.14. The van der Waals surface area contributed by atoms with Crippen molar-refractivity contribution in [2.75, 3.05) is 28.4 Å². The Balaban J connectivity index is 2.07. The average molecular weight is 400 g/mol. The van der Waals surface area contributed by atoms with Gasteiger partial charge in [-0.05, 0) is 30.4 Å². The summed E-state index contributed by atoms with van der Waals surface area (Å²) >= 11 is 5.33. The molecule has 1 aromatic heterocycles. The standard InChI is InChI=1S/C19H20N4O4S/c1-24-14-8-6-5-7-13(14)18-21-22-19(28)23(18)20-11-12-9-16(26-3)17(27-4)10-15(12)25-2/h5-11H,1-4H3,(H,22,28). The lowest BCUT2D eigenvalue weighted by Gasteiger charge is -2.12. The fourth-order valence-corrected chi connectivity index (χ4v) is 2.86. The Bertz CT molecular complexity index is 1060. The molecule has 3 aromatic rings. The average Bonchev–Trinajstić information content (AvgIpc) is 3.11. The Morgan fingerprint density at radius 1 is 0.929 bits per heavy atom. The molecule has 0 aliphatic heterocycles. The smallest absolute Gasteiger partial charge is 0.216 e. The normalized spacial score (nSPS) is 10.9. The number of nitrogens with zero attached hydrogens (tertiary/aromatic N) is 3. The summed E-state index contributed by atoms with van der Waals surface area (Å²) < 4.78 is 23.4. The van der Waals surface area contributed by atoms with E-state index in [1.807, 2.05) is 24.3 Å².